The molecule has 0 aliphatic heterocycles. The van der Waals surface area contributed by atoms with E-state index < -0.39 is 5.91 Å². The number of aromatic nitrogens is 2. The quantitative estimate of drug-likeness (QED) is 0.438. The molecular weight excluding hydrogens is 144 g/mol. The lowest BCUT2D eigenvalue weighted by atomic mass is 10.4. The van der Waals surface area contributed by atoms with Crippen LogP contribution in [0, 0.1) is 11.5 Å². The first kappa shape index (κ1) is 7.28. The molecule has 1 N–H and O–H groups in total. The first-order chi connectivity index (χ1) is 5.24. The summed E-state index contributed by atoms with van der Waals surface area (Å²) < 4.78 is 1.49. The average molecular weight is 150 g/mol. The normalized spacial score (nSPS) is 8.73. The van der Waals surface area contributed by atoms with E-state index >= 15 is 0 Å². The summed E-state index contributed by atoms with van der Waals surface area (Å²) in [6.07, 6.45) is 3.16. The SMILES string of the molecule is Cn1ccc(C(=O)NC#N)n1. The molecule has 0 bridgehead atoms. The second-order valence-electron chi connectivity index (χ2n) is 1.94. The summed E-state index contributed by atoms with van der Waals surface area (Å²) in [6, 6.07) is 1.53. The molecule has 1 aromatic rings. The number of aryl methyl sites for hydroxylation is 1. The Hall–Kier alpha value is -1.83. The molecule has 1 amide bonds. The standard InChI is InChI=1S/C6H6N4O/c1-10-3-2-5(9-10)6(11)8-4-7/h2-3H,1H3,(H,8,11). The van der Waals surface area contributed by atoms with Crippen molar-refractivity contribution >= 4 is 5.91 Å². The van der Waals surface area contributed by atoms with Gasteiger partial charge in [0.2, 0.25) is 0 Å². The highest BCUT2D eigenvalue weighted by molar-refractivity contribution is 5.93. The summed E-state index contributed by atoms with van der Waals surface area (Å²) in [5.41, 5.74) is 0.244. The Morgan fingerprint density at radius 2 is 2.64 bits per heavy atom. The van der Waals surface area contributed by atoms with Gasteiger partial charge >= 0.3 is 0 Å². The largest absolute Gasteiger partial charge is 0.284 e. The van der Waals surface area contributed by atoms with Crippen molar-refractivity contribution in [2.75, 3.05) is 0 Å². The summed E-state index contributed by atoms with van der Waals surface area (Å²) in [6.45, 7) is 0. The van der Waals surface area contributed by atoms with Crippen LogP contribution in [0.4, 0.5) is 0 Å². The van der Waals surface area contributed by atoms with Crippen LogP contribution >= 0.6 is 0 Å². The molecule has 11 heavy (non-hydrogen) atoms. The Kier molecular flexibility index (Phi) is 1.88. The molecule has 0 aliphatic carbocycles. The van der Waals surface area contributed by atoms with Gasteiger partial charge in [0.1, 0.15) is 0 Å². The predicted octanol–water partition coefficient (Wildman–Crippen LogP) is -0.369. The van der Waals surface area contributed by atoms with Crippen molar-refractivity contribution in [1.29, 1.82) is 5.26 Å². The van der Waals surface area contributed by atoms with Gasteiger partial charge < -0.3 is 0 Å². The fourth-order valence-corrected chi connectivity index (χ4v) is 0.651. The highest BCUT2D eigenvalue weighted by Gasteiger charge is 2.06. The van der Waals surface area contributed by atoms with Gasteiger partial charge in [-0.25, -0.2) is 0 Å². The Labute approximate surface area is 63.2 Å². The molecule has 0 atom stereocenters. The van der Waals surface area contributed by atoms with Crippen LogP contribution in [0.5, 0.6) is 0 Å². The second-order valence-corrected chi connectivity index (χ2v) is 1.94. The van der Waals surface area contributed by atoms with Crippen molar-refractivity contribution in [2.45, 2.75) is 0 Å². The second kappa shape index (κ2) is 2.84. The smallest absolute Gasteiger partial charge is 0.275 e. The van der Waals surface area contributed by atoms with Gasteiger partial charge in [-0.15, -0.1) is 0 Å². The number of hydrogen-bond donors (Lipinski definition) is 1. The Morgan fingerprint density at radius 1 is 1.91 bits per heavy atom. The Bertz CT molecular complexity index is 309. The Morgan fingerprint density at radius 3 is 3.09 bits per heavy atom. The first-order valence-electron chi connectivity index (χ1n) is 2.93. The minimum Gasteiger partial charge on any atom is -0.275 e. The molecule has 0 aliphatic rings. The van der Waals surface area contributed by atoms with Crippen LogP contribution in [0.2, 0.25) is 0 Å². The summed E-state index contributed by atoms with van der Waals surface area (Å²) in [5.74, 6) is -0.479. The fourth-order valence-electron chi connectivity index (χ4n) is 0.651. The zero-order valence-corrected chi connectivity index (χ0v) is 5.90. The number of amides is 1. The third-order valence-electron chi connectivity index (χ3n) is 1.12. The molecule has 0 fully saturated rings. The minimum absolute atomic E-state index is 0.244. The molecule has 1 rings (SSSR count). The average Bonchev–Trinajstić information content (AvgIpc) is 2.36. The van der Waals surface area contributed by atoms with Crippen LogP contribution in [0.1, 0.15) is 10.5 Å². The minimum atomic E-state index is -0.479. The van der Waals surface area contributed by atoms with Gasteiger partial charge in [-0.3, -0.25) is 14.8 Å². The number of carbonyl (C=O) groups is 1. The Balaban J connectivity index is 2.78. The molecule has 0 aromatic carbocycles. The molecule has 1 aromatic heterocycles. The van der Waals surface area contributed by atoms with Crippen molar-refractivity contribution in [3.05, 3.63) is 18.0 Å². The lowest BCUT2D eigenvalue weighted by molar-refractivity contribution is 0.0967. The molecule has 5 nitrogen and oxygen atoms in total. The highest BCUT2D eigenvalue weighted by Crippen LogP contribution is 1.92. The van der Waals surface area contributed by atoms with Crippen LogP contribution in [-0.4, -0.2) is 15.7 Å². The van der Waals surface area contributed by atoms with Gasteiger partial charge in [0.25, 0.3) is 5.91 Å². The van der Waals surface area contributed by atoms with E-state index in [0.717, 1.165) is 0 Å². The van der Waals surface area contributed by atoms with Crippen molar-refractivity contribution in [1.82, 2.24) is 15.1 Å². The van der Waals surface area contributed by atoms with Gasteiger partial charge in [-0.2, -0.15) is 10.4 Å². The maximum Gasteiger partial charge on any atom is 0.284 e. The molecule has 0 saturated heterocycles. The molecule has 5 heteroatoms. The van der Waals surface area contributed by atoms with Crippen LogP contribution in [-0.2, 0) is 7.05 Å². The monoisotopic (exact) mass is 150 g/mol. The zero-order valence-electron chi connectivity index (χ0n) is 5.90. The van der Waals surface area contributed by atoms with Gasteiger partial charge in [0.05, 0.1) is 0 Å². The molecule has 0 radical (unpaired) electrons. The van der Waals surface area contributed by atoms with Crippen LogP contribution in [0.25, 0.3) is 0 Å². The molecule has 0 spiro atoms. The zero-order chi connectivity index (χ0) is 8.27. The maximum atomic E-state index is 10.8. The van der Waals surface area contributed by atoms with Crippen molar-refractivity contribution in [2.24, 2.45) is 7.05 Å². The lowest BCUT2D eigenvalue weighted by Gasteiger charge is -1.88. The summed E-state index contributed by atoms with van der Waals surface area (Å²) >= 11 is 0. The van der Waals surface area contributed by atoms with Crippen molar-refractivity contribution in [3.63, 3.8) is 0 Å². The third kappa shape index (κ3) is 1.55. The number of nitrogens with zero attached hydrogens (tertiary/aromatic N) is 3. The van der Waals surface area contributed by atoms with E-state index in [1.54, 1.807) is 13.2 Å². The van der Waals surface area contributed by atoms with Crippen LogP contribution in [0.3, 0.4) is 0 Å². The van der Waals surface area contributed by atoms with Crippen LogP contribution < -0.4 is 5.32 Å². The van der Waals surface area contributed by atoms with E-state index in [0.29, 0.717) is 0 Å². The third-order valence-corrected chi connectivity index (χ3v) is 1.12. The highest BCUT2D eigenvalue weighted by atomic mass is 16.1. The number of nitriles is 1. The number of rotatable bonds is 1. The summed E-state index contributed by atoms with van der Waals surface area (Å²) in [7, 11) is 1.70. The van der Waals surface area contributed by atoms with Crippen LogP contribution in [0.15, 0.2) is 12.3 Å². The topological polar surface area (TPSA) is 70.7 Å². The van der Waals surface area contributed by atoms with Gasteiger partial charge in [-0.05, 0) is 6.07 Å². The lowest BCUT2D eigenvalue weighted by Crippen LogP contribution is -2.17. The van der Waals surface area contributed by atoms with Gasteiger partial charge in [0.15, 0.2) is 11.9 Å². The predicted molar refractivity (Wildman–Crippen MR) is 36.3 cm³/mol. The number of nitrogens with one attached hydrogen (secondary N) is 1. The van der Waals surface area contributed by atoms with E-state index in [1.165, 1.54) is 16.9 Å². The van der Waals surface area contributed by atoms with Crippen molar-refractivity contribution in [3.8, 4) is 6.19 Å². The fraction of sp³-hybridized carbons (Fsp3) is 0.167. The van der Waals surface area contributed by atoms with E-state index in [2.05, 4.69) is 5.10 Å². The van der Waals surface area contributed by atoms with E-state index in [-0.39, 0.29) is 5.69 Å². The summed E-state index contributed by atoms with van der Waals surface area (Å²) in [5, 5.41) is 13.8. The molecule has 0 unspecified atom stereocenters. The van der Waals surface area contributed by atoms with Crippen molar-refractivity contribution < 1.29 is 4.79 Å². The first-order valence-corrected chi connectivity index (χ1v) is 2.93. The number of hydrogen-bond acceptors (Lipinski definition) is 3. The molecule has 56 valence electrons. The van der Waals surface area contributed by atoms with Gasteiger partial charge in [0, 0.05) is 13.2 Å². The maximum absolute atomic E-state index is 10.8. The van der Waals surface area contributed by atoms with E-state index in [4.69, 9.17) is 5.26 Å². The molecular formula is C6H6N4O. The number of carbonyl (C=O) groups excluding carboxylic acids is 1. The summed E-state index contributed by atoms with van der Waals surface area (Å²) in [4.78, 5) is 10.8. The molecule has 0 saturated carbocycles. The van der Waals surface area contributed by atoms with Gasteiger partial charge in [-0.1, -0.05) is 0 Å². The van der Waals surface area contributed by atoms with E-state index in [1.807, 2.05) is 5.32 Å². The molecule has 1 heterocycles. The van der Waals surface area contributed by atoms with E-state index in [9.17, 15) is 4.79 Å².